The predicted molar refractivity (Wildman–Crippen MR) is 114 cm³/mol. The molecule has 3 N–H and O–H groups in total. The van der Waals surface area contributed by atoms with Gasteiger partial charge in [-0.15, -0.1) is 11.3 Å². The van der Waals surface area contributed by atoms with Crippen LogP contribution in [-0.4, -0.2) is 24.4 Å². The predicted octanol–water partition coefficient (Wildman–Crippen LogP) is 3.89. The molecule has 2 aliphatic rings. The minimum absolute atomic E-state index is 0.150. The van der Waals surface area contributed by atoms with E-state index in [0.717, 1.165) is 53.8 Å². The molecular weight excluding hydrogens is 389 g/mol. The first-order chi connectivity index (χ1) is 13.8. The third kappa shape index (κ3) is 3.88. The van der Waals surface area contributed by atoms with Crippen LogP contribution in [0.15, 0.2) is 18.2 Å². The van der Waals surface area contributed by atoms with Crippen LogP contribution in [0.3, 0.4) is 0 Å². The quantitative estimate of drug-likeness (QED) is 0.795. The highest BCUT2D eigenvalue weighted by molar-refractivity contribution is 7.17. The zero-order chi connectivity index (χ0) is 20.7. The lowest BCUT2D eigenvalue weighted by molar-refractivity contribution is -0.115. The van der Waals surface area contributed by atoms with E-state index in [-0.39, 0.29) is 24.3 Å². The number of halogens is 1. The van der Waals surface area contributed by atoms with Crippen molar-refractivity contribution in [3.63, 3.8) is 0 Å². The van der Waals surface area contributed by atoms with Crippen LogP contribution in [0.5, 0.6) is 0 Å². The Labute approximate surface area is 174 Å². The number of carbonyl (C=O) groups excluding carboxylic acids is 2. The number of aryl methyl sites for hydroxylation is 1. The zero-order valence-electron chi connectivity index (χ0n) is 16.8. The summed E-state index contributed by atoms with van der Waals surface area (Å²) in [4.78, 5) is 28.1. The van der Waals surface area contributed by atoms with Crippen molar-refractivity contribution in [1.29, 1.82) is 0 Å². The molecule has 5 nitrogen and oxygen atoms in total. The van der Waals surface area contributed by atoms with E-state index in [9.17, 15) is 14.0 Å². The average molecular weight is 416 g/mol. The Morgan fingerprint density at radius 1 is 1.28 bits per heavy atom. The summed E-state index contributed by atoms with van der Waals surface area (Å²) in [6, 6.07) is 4.90. The lowest BCUT2D eigenvalue weighted by Gasteiger charge is -2.36. The van der Waals surface area contributed by atoms with Crippen LogP contribution < -0.4 is 16.0 Å². The second kappa shape index (κ2) is 7.78. The molecule has 0 spiro atoms. The summed E-state index contributed by atoms with van der Waals surface area (Å²) in [5.41, 5.74) is 8.95. The Bertz CT molecular complexity index is 971. The molecule has 0 radical (unpaired) electrons. The number of nitrogens with two attached hydrogens (primary N) is 1. The first-order valence-electron chi connectivity index (χ1n) is 10.1. The van der Waals surface area contributed by atoms with Crippen LogP contribution in [0.1, 0.15) is 53.1 Å². The van der Waals surface area contributed by atoms with Crippen molar-refractivity contribution in [3.05, 3.63) is 45.6 Å². The second-order valence-corrected chi connectivity index (χ2v) is 9.36. The molecule has 1 aliphatic heterocycles. The van der Waals surface area contributed by atoms with E-state index < -0.39 is 5.91 Å². The number of fused-ring (bicyclic) bond motifs is 2. The summed E-state index contributed by atoms with van der Waals surface area (Å²) >= 11 is 1.47. The minimum Gasteiger partial charge on any atom is -0.365 e. The number of hydrogen-bond donors (Lipinski definition) is 2. The van der Waals surface area contributed by atoms with Gasteiger partial charge < -0.3 is 16.0 Å². The zero-order valence-corrected chi connectivity index (χ0v) is 17.6. The standard InChI is InChI=1S/C22H26FN3O2S/c1-12-3-7-16-18(9-12)29-22(20(16)21(24)28)25-19(27)11-26-13(2)4-5-14-10-15(23)6-8-17(14)26/h6,8,10,12-13H,3-5,7,9,11H2,1-2H3,(H2,24,28)(H,25,27). The third-order valence-corrected chi connectivity index (χ3v) is 7.21. The molecule has 1 aromatic heterocycles. The summed E-state index contributed by atoms with van der Waals surface area (Å²) < 4.78 is 13.6. The fourth-order valence-electron chi connectivity index (χ4n) is 4.45. The van der Waals surface area contributed by atoms with Gasteiger partial charge >= 0.3 is 0 Å². The van der Waals surface area contributed by atoms with Gasteiger partial charge in [-0.2, -0.15) is 0 Å². The number of primary amides is 1. The van der Waals surface area contributed by atoms with Gasteiger partial charge in [-0.1, -0.05) is 6.92 Å². The Kier molecular flexibility index (Phi) is 5.34. The highest BCUT2D eigenvalue weighted by atomic mass is 32.1. The van der Waals surface area contributed by atoms with E-state index in [0.29, 0.717) is 16.5 Å². The number of nitrogens with zero attached hydrogens (tertiary/aromatic N) is 1. The molecular formula is C22H26FN3O2S. The maximum atomic E-state index is 13.6. The monoisotopic (exact) mass is 415 g/mol. The van der Waals surface area contributed by atoms with Gasteiger partial charge in [0.05, 0.1) is 12.1 Å². The molecule has 4 rings (SSSR count). The van der Waals surface area contributed by atoms with Crippen LogP contribution in [0.2, 0.25) is 0 Å². The summed E-state index contributed by atoms with van der Waals surface area (Å²) in [5.74, 6) is -0.369. The SMILES string of the molecule is CC1CCc2c(sc(NC(=O)CN3c4ccc(F)cc4CCC3C)c2C(N)=O)C1. The molecule has 2 amide bonds. The smallest absolute Gasteiger partial charge is 0.251 e. The van der Waals surface area contributed by atoms with E-state index in [2.05, 4.69) is 19.2 Å². The molecule has 2 heterocycles. The van der Waals surface area contributed by atoms with Crippen molar-refractivity contribution in [3.8, 4) is 0 Å². The second-order valence-electron chi connectivity index (χ2n) is 8.26. The Morgan fingerprint density at radius 2 is 2.07 bits per heavy atom. The number of benzene rings is 1. The molecule has 154 valence electrons. The molecule has 2 unspecified atom stereocenters. The van der Waals surface area contributed by atoms with Crippen LogP contribution in [-0.2, 0) is 24.1 Å². The van der Waals surface area contributed by atoms with E-state index in [1.807, 2.05) is 4.90 Å². The summed E-state index contributed by atoms with van der Waals surface area (Å²) in [5, 5.41) is 3.50. The molecule has 2 aromatic rings. The van der Waals surface area contributed by atoms with Gasteiger partial charge in [0.2, 0.25) is 5.91 Å². The maximum absolute atomic E-state index is 13.6. The number of carbonyl (C=O) groups is 2. The molecule has 29 heavy (non-hydrogen) atoms. The van der Waals surface area contributed by atoms with Gasteiger partial charge in [0.25, 0.3) is 5.91 Å². The number of thiophene rings is 1. The van der Waals surface area contributed by atoms with Crippen molar-refractivity contribution in [2.75, 3.05) is 16.8 Å². The van der Waals surface area contributed by atoms with Crippen molar-refractivity contribution in [1.82, 2.24) is 0 Å². The highest BCUT2D eigenvalue weighted by Gasteiger charge is 2.29. The molecule has 1 aromatic carbocycles. The van der Waals surface area contributed by atoms with Gasteiger partial charge in [0.15, 0.2) is 0 Å². The number of anilines is 2. The van der Waals surface area contributed by atoms with Crippen LogP contribution >= 0.6 is 11.3 Å². The fraction of sp³-hybridized carbons (Fsp3) is 0.455. The molecule has 0 bridgehead atoms. The summed E-state index contributed by atoms with van der Waals surface area (Å²) in [6.45, 7) is 4.42. The molecule has 7 heteroatoms. The van der Waals surface area contributed by atoms with E-state index in [1.54, 1.807) is 12.1 Å². The Balaban J connectivity index is 1.56. The van der Waals surface area contributed by atoms with Gasteiger partial charge in [-0.05, 0) is 74.3 Å². The van der Waals surface area contributed by atoms with Gasteiger partial charge in [-0.3, -0.25) is 9.59 Å². The van der Waals surface area contributed by atoms with Crippen LogP contribution in [0.4, 0.5) is 15.1 Å². The van der Waals surface area contributed by atoms with Gasteiger partial charge in [0.1, 0.15) is 10.8 Å². The minimum atomic E-state index is -0.487. The first-order valence-corrected chi connectivity index (χ1v) is 10.9. The van der Waals surface area contributed by atoms with E-state index in [1.165, 1.54) is 17.4 Å². The summed E-state index contributed by atoms with van der Waals surface area (Å²) in [7, 11) is 0. The van der Waals surface area contributed by atoms with Crippen molar-refractivity contribution >= 4 is 33.8 Å². The first kappa shape index (κ1) is 19.9. The Hall–Kier alpha value is -2.41. The van der Waals surface area contributed by atoms with Crippen molar-refractivity contribution < 1.29 is 14.0 Å². The highest BCUT2D eigenvalue weighted by Crippen LogP contribution is 2.39. The maximum Gasteiger partial charge on any atom is 0.251 e. The topological polar surface area (TPSA) is 75.4 Å². The van der Waals surface area contributed by atoms with Crippen molar-refractivity contribution in [2.45, 2.75) is 52.0 Å². The Morgan fingerprint density at radius 3 is 2.83 bits per heavy atom. The molecule has 2 atom stereocenters. The molecule has 0 saturated carbocycles. The summed E-state index contributed by atoms with van der Waals surface area (Å²) in [6.07, 6.45) is 4.42. The van der Waals surface area contributed by atoms with Gasteiger partial charge in [0, 0.05) is 16.6 Å². The lowest BCUT2D eigenvalue weighted by Crippen LogP contribution is -2.42. The lowest BCUT2D eigenvalue weighted by atomic mass is 9.88. The van der Waals surface area contributed by atoms with E-state index in [4.69, 9.17) is 5.73 Å². The molecule has 1 aliphatic carbocycles. The average Bonchev–Trinajstić information content (AvgIpc) is 3.00. The fourth-order valence-corrected chi connectivity index (χ4v) is 5.89. The normalized spacial score (nSPS) is 20.7. The number of amides is 2. The van der Waals surface area contributed by atoms with Crippen LogP contribution in [0.25, 0.3) is 0 Å². The largest absolute Gasteiger partial charge is 0.365 e. The number of rotatable bonds is 4. The van der Waals surface area contributed by atoms with E-state index >= 15 is 0 Å². The third-order valence-electron chi connectivity index (χ3n) is 6.04. The van der Waals surface area contributed by atoms with Gasteiger partial charge in [-0.25, -0.2) is 4.39 Å². The van der Waals surface area contributed by atoms with Crippen molar-refractivity contribution in [2.24, 2.45) is 11.7 Å². The number of hydrogen-bond acceptors (Lipinski definition) is 4. The molecule has 0 fully saturated rings. The molecule has 0 saturated heterocycles. The number of nitrogens with one attached hydrogen (secondary N) is 1. The van der Waals surface area contributed by atoms with Crippen LogP contribution in [0, 0.1) is 11.7 Å².